The van der Waals surface area contributed by atoms with Gasteiger partial charge >= 0.3 is 6.18 Å². The van der Waals surface area contributed by atoms with Crippen LogP contribution < -0.4 is 5.32 Å². The third-order valence-electron chi connectivity index (χ3n) is 5.93. The number of hydrogen-bond acceptors (Lipinski definition) is 6. The Hall–Kier alpha value is -3.24. The molecule has 0 spiro atoms. The number of nitrogens with one attached hydrogen (secondary N) is 1. The summed E-state index contributed by atoms with van der Waals surface area (Å²) < 4.78 is 40.4. The van der Waals surface area contributed by atoms with E-state index in [4.69, 9.17) is 0 Å². The minimum absolute atomic E-state index is 0.0544. The standard InChI is InChI=1S/C21H22F3N7O/c1-2-31-18(13-5-6-15(25-9-13)21(22,23)24)29-16-17(26-11-27-19(16)31)28-14-7-8-30(10-14)20(32)12-3-4-12/h5-6,9,11-12,14H,2-4,7-8,10H2,1H3,(H,26,27,28). The molecule has 8 nitrogen and oxygen atoms in total. The first kappa shape index (κ1) is 20.7. The molecule has 168 valence electrons. The van der Waals surface area contributed by atoms with Gasteiger partial charge in [-0.15, -0.1) is 0 Å². The molecule has 2 aliphatic rings. The van der Waals surface area contributed by atoms with Crippen molar-refractivity contribution >= 4 is 22.9 Å². The molecule has 5 rings (SSSR count). The predicted octanol–water partition coefficient (Wildman–Crippen LogP) is 3.35. The molecule has 11 heteroatoms. The van der Waals surface area contributed by atoms with Crippen LogP contribution in [0.3, 0.4) is 0 Å². The fraction of sp³-hybridized carbons (Fsp3) is 0.476. The first-order chi connectivity index (χ1) is 15.3. The van der Waals surface area contributed by atoms with E-state index in [1.807, 2.05) is 16.4 Å². The van der Waals surface area contributed by atoms with Crippen LogP contribution in [0.4, 0.5) is 19.0 Å². The first-order valence-electron chi connectivity index (χ1n) is 10.7. The molecule has 0 aromatic carbocycles. The second-order valence-electron chi connectivity index (χ2n) is 8.19. The summed E-state index contributed by atoms with van der Waals surface area (Å²) in [5, 5.41) is 3.39. The molecule has 4 heterocycles. The van der Waals surface area contributed by atoms with Crippen LogP contribution in [0.2, 0.25) is 0 Å². The molecule has 1 unspecified atom stereocenters. The number of carbonyl (C=O) groups excluding carboxylic acids is 1. The van der Waals surface area contributed by atoms with Gasteiger partial charge < -0.3 is 14.8 Å². The molecule has 1 saturated heterocycles. The molecule has 32 heavy (non-hydrogen) atoms. The number of likely N-dealkylation sites (tertiary alicyclic amines) is 1. The maximum Gasteiger partial charge on any atom is 0.433 e. The van der Waals surface area contributed by atoms with Crippen LogP contribution in [-0.2, 0) is 17.5 Å². The van der Waals surface area contributed by atoms with E-state index < -0.39 is 11.9 Å². The van der Waals surface area contributed by atoms with E-state index in [1.165, 1.54) is 18.6 Å². The molecule has 1 aliphatic heterocycles. The van der Waals surface area contributed by atoms with Crippen LogP contribution in [0.5, 0.6) is 0 Å². The van der Waals surface area contributed by atoms with Gasteiger partial charge in [0.1, 0.15) is 17.8 Å². The molecule has 1 aliphatic carbocycles. The van der Waals surface area contributed by atoms with Crippen molar-refractivity contribution in [3.8, 4) is 11.4 Å². The summed E-state index contributed by atoms with van der Waals surface area (Å²) in [7, 11) is 0. The normalized spacial score (nSPS) is 19.0. The number of pyridine rings is 1. The third kappa shape index (κ3) is 3.76. The number of carbonyl (C=O) groups is 1. The second-order valence-corrected chi connectivity index (χ2v) is 8.19. The molecule has 0 bridgehead atoms. The lowest BCUT2D eigenvalue weighted by atomic mass is 10.2. The van der Waals surface area contributed by atoms with Gasteiger partial charge in [0.2, 0.25) is 5.91 Å². The van der Waals surface area contributed by atoms with Gasteiger partial charge in [-0.1, -0.05) is 0 Å². The van der Waals surface area contributed by atoms with Crippen LogP contribution >= 0.6 is 0 Å². The quantitative estimate of drug-likeness (QED) is 0.648. The summed E-state index contributed by atoms with van der Waals surface area (Å²) >= 11 is 0. The van der Waals surface area contributed by atoms with Gasteiger partial charge in [0.05, 0.1) is 0 Å². The molecule has 3 aromatic rings. The number of anilines is 1. The Morgan fingerprint density at radius 3 is 2.66 bits per heavy atom. The van der Waals surface area contributed by atoms with Crippen LogP contribution in [0, 0.1) is 5.92 Å². The van der Waals surface area contributed by atoms with Crippen molar-refractivity contribution in [3.63, 3.8) is 0 Å². The number of aromatic nitrogens is 5. The molecule has 0 radical (unpaired) electrons. The Morgan fingerprint density at radius 2 is 2.00 bits per heavy atom. The van der Waals surface area contributed by atoms with Gasteiger partial charge in [-0.05, 0) is 38.3 Å². The van der Waals surface area contributed by atoms with Gasteiger partial charge in [-0.25, -0.2) is 15.0 Å². The first-order valence-corrected chi connectivity index (χ1v) is 10.7. The molecule has 1 saturated carbocycles. The SMILES string of the molecule is CCn1c(-c2ccc(C(F)(F)F)nc2)nc2c(NC3CCN(C(=O)C4CC4)C3)ncnc21. The molecule has 1 atom stereocenters. The van der Waals surface area contributed by atoms with Gasteiger partial charge in [0.25, 0.3) is 0 Å². The highest BCUT2D eigenvalue weighted by Gasteiger charge is 2.37. The number of nitrogens with zero attached hydrogens (tertiary/aromatic N) is 6. The molecule has 3 aromatic heterocycles. The fourth-order valence-corrected chi connectivity index (χ4v) is 4.12. The Balaban J connectivity index is 1.43. The highest BCUT2D eigenvalue weighted by atomic mass is 19.4. The average molecular weight is 445 g/mol. The molecular formula is C21H22F3N7O. The highest BCUT2D eigenvalue weighted by Crippen LogP contribution is 2.33. The van der Waals surface area contributed by atoms with Crippen molar-refractivity contribution < 1.29 is 18.0 Å². The van der Waals surface area contributed by atoms with E-state index in [-0.39, 0.29) is 17.9 Å². The molecular weight excluding hydrogens is 423 g/mol. The van der Waals surface area contributed by atoms with Crippen LogP contribution in [0.15, 0.2) is 24.7 Å². The zero-order valence-electron chi connectivity index (χ0n) is 17.4. The Morgan fingerprint density at radius 1 is 1.19 bits per heavy atom. The largest absolute Gasteiger partial charge is 0.433 e. The maximum atomic E-state index is 12.9. The minimum Gasteiger partial charge on any atom is -0.364 e. The van der Waals surface area contributed by atoms with E-state index in [0.717, 1.165) is 25.3 Å². The smallest absolute Gasteiger partial charge is 0.364 e. The van der Waals surface area contributed by atoms with E-state index in [9.17, 15) is 18.0 Å². The van der Waals surface area contributed by atoms with Crippen molar-refractivity contribution in [3.05, 3.63) is 30.4 Å². The lowest BCUT2D eigenvalue weighted by Crippen LogP contribution is -2.32. The highest BCUT2D eigenvalue weighted by molar-refractivity contribution is 5.86. The zero-order chi connectivity index (χ0) is 22.5. The summed E-state index contributed by atoms with van der Waals surface area (Å²) in [6.07, 6.45) is 0.895. The molecule has 1 amide bonds. The van der Waals surface area contributed by atoms with E-state index >= 15 is 0 Å². The van der Waals surface area contributed by atoms with Crippen molar-refractivity contribution in [1.29, 1.82) is 0 Å². The van der Waals surface area contributed by atoms with Crippen molar-refractivity contribution in [2.45, 2.75) is 44.9 Å². The Labute approximate surface area is 181 Å². The summed E-state index contributed by atoms with van der Waals surface area (Å²) in [5.74, 6) is 1.45. The van der Waals surface area contributed by atoms with Gasteiger partial charge in [0.15, 0.2) is 17.0 Å². The summed E-state index contributed by atoms with van der Waals surface area (Å²) in [5.41, 5.74) is 0.639. The fourth-order valence-electron chi connectivity index (χ4n) is 4.12. The number of fused-ring (bicyclic) bond motifs is 1. The number of alkyl halides is 3. The average Bonchev–Trinajstić information content (AvgIpc) is 3.40. The van der Waals surface area contributed by atoms with Gasteiger partial charge in [-0.2, -0.15) is 13.2 Å². The molecule has 1 N–H and O–H groups in total. The third-order valence-corrected chi connectivity index (χ3v) is 5.93. The lowest BCUT2D eigenvalue weighted by molar-refractivity contribution is -0.141. The topological polar surface area (TPSA) is 88.8 Å². The van der Waals surface area contributed by atoms with Gasteiger partial charge in [-0.3, -0.25) is 9.78 Å². The van der Waals surface area contributed by atoms with Gasteiger partial charge in [0, 0.05) is 43.4 Å². The predicted molar refractivity (Wildman–Crippen MR) is 111 cm³/mol. The van der Waals surface area contributed by atoms with E-state index in [1.54, 1.807) is 0 Å². The number of hydrogen-bond donors (Lipinski definition) is 1. The Bertz CT molecular complexity index is 1150. The van der Waals surface area contributed by atoms with Crippen molar-refractivity contribution in [2.75, 3.05) is 18.4 Å². The number of rotatable bonds is 5. The van der Waals surface area contributed by atoms with Crippen molar-refractivity contribution in [1.82, 2.24) is 29.4 Å². The summed E-state index contributed by atoms with van der Waals surface area (Å²) in [6, 6.07) is 2.37. The number of imidazole rings is 1. The Kier molecular flexibility index (Phi) is 4.98. The van der Waals surface area contributed by atoms with Crippen LogP contribution in [0.25, 0.3) is 22.6 Å². The van der Waals surface area contributed by atoms with Crippen LogP contribution in [-0.4, -0.2) is 54.4 Å². The van der Waals surface area contributed by atoms with E-state index in [2.05, 4.69) is 25.3 Å². The number of halogens is 3. The lowest BCUT2D eigenvalue weighted by Gasteiger charge is -2.17. The van der Waals surface area contributed by atoms with Crippen molar-refractivity contribution in [2.24, 2.45) is 5.92 Å². The van der Waals surface area contributed by atoms with E-state index in [0.29, 0.717) is 48.0 Å². The number of aryl methyl sites for hydroxylation is 1. The van der Waals surface area contributed by atoms with Crippen LogP contribution in [0.1, 0.15) is 31.9 Å². The second kappa shape index (κ2) is 7.72. The maximum absolute atomic E-state index is 12.9. The minimum atomic E-state index is -4.50. The number of amides is 1. The molecule has 2 fully saturated rings. The summed E-state index contributed by atoms with van der Waals surface area (Å²) in [4.78, 5) is 31.1. The zero-order valence-corrected chi connectivity index (χ0v) is 17.4. The summed E-state index contributed by atoms with van der Waals surface area (Å²) in [6.45, 7) is 3.77. The monoisotopic (exact) mass is 445 g/mol.